The maximum Gasteiger partial charge on any atom is 0.327 e. The van der Waals surface area contributed by atoms with Gasteiger partial charge < -0.3 is 4.74 Å². The number of rotatable bonds is 5. The maximum absolute atomic E-state index is 13.5. The fraction of sp³-hybridized carbons (Fsp3) is 0.348. The molecule has 7 heteroatoms. The van der Waals surface area contributed by atoms with Crippen LogP contribution in [0.15, 0.2) is 54.6 Å². The van der Waals surface area contributed by atoms with E-state index in [0.717, 1.165) is 10.5 Å². The molecule has 0 radical (unpaired) electrons. The summed E-state index contributed by atoms with van der Waals surface area (Å²) in [5.41, 5.74) is 0.0759. The van der Waals surface area contributed by atoms with Crippen LogP contribution >= 0.6 is 0 Å². The summed E-state index contributed by atoms with van der Waals surface area (Å²) in [4.78, 5) is 40.5. The highest BCUT2D eigenvalue weighted by molar-refractivity contribution is 6.09. The van der Waals surface area contributed by atoms with Crippen molar-refractivity contribution in [1.82, 2.24) is 10.2 Å². The second-order valence-corrected chi connectivity index (χ2v) is 7.77. The molecular weight excluding hydrogens is 387 g/mol. The number of likely N-dealkylation sites (tertiary alicyclic amines) is 1. The Bertz CT molecular complexity index is 978. The molecule has 0 aromatic heterocycles. The predicted octanol–water partition coefficient (Wildman–Crippen LogP) is 2.25. The quantitative estimate of drug-likeness (QED) is 0.605. The van der Waals surface area contributed by atoms with Gasteiger partial charge in [0.1, 0.15) is 11.4 Å². The lowest BCUT2D eigenvalue weighted by Crippen LogP contribution is -2.57. The molecule has 2 aromatic rings. The molecule has 0 saturated carbocycles. The molecule has 1 N–H and O–H groups in total. The molecule has 156 valence electrons. The molecule has 4 atom stereocenters. The van der Waals surface area contributed by atoms with Gasteiger partial charge in [0.25, 0.3) is 0 Å². The highest BCUT2D eigenvalue weighted by atomic mass is 19.1. The van der Waals surface area contributed by atoms with Crippen LogP contribution in [0.25, 0.3) is 0 Å². The molecule has 2 aromatic carbocycles. The van der Waals surface area contributed by atoms with Gasteiger partial charge in [-0.1, -0.05) is 42.5 Å². The first-order chi connectivity index (χ1) is 14.4. The van der Waals surface area contributed by atoms with Gasteiger partial charge in [0.05, 0.1) is 18.4 Å². The van der Waals surface area contributed by atoms with E-state index >= 15 is 0 Å². The highest BCUT2D eigenvalue weighted by Crippen LogP contribution is 2.50. The summed E-state index contributed by atoms with van der Waals surface area (Å²) < 4.78 is 18.9. The van der Waals surface area contributed by atoms with Gasteiger partial charge in [0.15, 0.2) is 0 Å². The molecule has 0 unspecified atom stereocenters. The molecule has 30 heavy (non-hydrogen) atoms. The van der Waals surface area contributed by atoms with Crippen molar-refractivity contribution < 1.29 is 23.5 Å². The van der Waals surface area contributed by atoms with E-state index in [9.17, 15) is 18.8 Å². The van der Waals surface area contributed by atoms with Crippen molar-refractivity contribution in [3.05, 3.63) is 71.5 Å². The summed E-state index contributed by atoms with van der Waals surface area (Å²) in [6.07, 6.45) is 0.193. The zero-order chi connectivity index (χ0) is 21.5. The summed E-state index contributed by atoms with van der Waals surface area (Å²) in [6.45, 7) is 1.85. The largest absolute Gasteiger partial charge is 0.465 e. The molecule has 0 spiro atoms. The van der Waals surface area contributed by atoms with E-state index in [-0.39, 0.29) is 18.9 Å². The Hall–Kier alpha value is -3.06. The van der Waals surface area contributed by atoms with E-state index in [2.05, 4.69) is 5.32 Å². The van der Waals surface area contributed by atoms with Crippen molar-refractivity contribution in [3.63, 3.8) is 0 Å². The topological polar surface area (TPSA) is 75.7 Å². The molecule has 2 aliphatic rings. The third kappa shape index (κ3) is 3.10. The van der Waals surface area contributed by atoms with Crippen LogP contribution in [0.1, 0.15) is 24.1 Å². The number of carbonyl (C=O) groups excluding carboxylic acids is 3. The molecule has 2 amide bonds. The SMILES string of the molecule is CCOC(=O)[C@]1(Cc2ccccc2)N[C@H](c2ccc(F)cc2)[C@H]2C(=O)N(C)C(=O)[C@@H]21. The minimum atomic E-state index is -1.40. The van der Waals surface area contributed by atoms with Crippen LogP contribution in [0.4, 0.5) is 4.39 Å². The molecular formula is C23H23FN2O4. The van der Waals surface area contributed by atoms with Crippen molar-refractivity contribution in [2.24, 2.45) is 11.8 Å². The average molecular weight is 410 g/mol. The molecule has 2 saturated heterocycles. The normalized spacial score (nSPS) is 28.0. The number of benzene rings is 2. The van der Waals surface area contributed by atoms with E-state index < -0.39 is 41.1 Å². The van der Waals surface area contributed by atoms with Crippen molar-refractivity contribution in [1.29, 1.82) is 0 Å². The van der Waals surface area contributed by atoms with Gasteiger partial charge in [-0.05, 0) is 30.2 Å². The van der Waals surface area contributed by atoms with Gasteiger partial charge in [0.2, 0.25) is 11.8 Å². The number of carbonyl (C=O) groups is 3. The number of hydrogen-bond acceptors (Lipinski definition) is 5. The fourth-order valence-corrected chi connectivity index (χ4v) is 4.70. The van der Waals surface area contributed by atoms with Crippen molar-refractivity contribution in [2.75, 3.05) is 13.7 Å². The second-order valence-electron chi connectivity index (χ2n) is 7.77. The summed E-state index contributed by atoms with van der Waals surface area (Å²) in [5, 5.41) is 3.29. The summed E-state index contributed by atoms with van der Waals surface area (Å²) in [5.74, 6) is -3.42. The van der Waals surface area contributed by atoms with Crippen LogP contribution in [0.2, 0.25) is 0 Å². The number of nitrogens with zero attached hydrogens (tertiary/aromatic N) is 1. The van der Waals surface area contributed by atoms with Gasteiger partial charge in [-0.2, -0.15) is 0 Å². The van der Waals surface area contributed by atoms with E-state index in [1.165, 1.54) is 19.2 Å². The maximum atomic E-state index is 13.5. The number of imide groups is 1. The predicted molar refractivity (Wildman–Crippen MR) is 107 cm³/mol. The molecule has 0 bridgehead atoms. The highest BCUT2D eigenvalue weighted by Gasteiger charge is 2.68. The summed E-state index contributed by atoms with van der Waals surface area (Å²) in [6, 6.07) is 14.4. The average Bonchev–Trinajstić information content (AvgIpc) is 3.20. The zero-order valence-corrected chi connectivity index (χ0v) is 16.8. The van der Waals surface area contributed by atoms with Crippen LogP contribution in [0.5, 0.6) is 0 Å². The number of esters is 1. The smallest absolute Gasteiger partial charge is 0.327 e. The Morgan fingerprint density at radius 2 is 1.77 bits per heavy atom. The van der Waals surface area contributed by atoms with Crippen LogP contribution < -0.4 is 5.32 Å². The number of hydrogen-bond donors (Lipinski definition) is 1. The molecule has 2 aliphatic heterocycles. The first kappa shape index (κ1) is 20.2. The third-order valence-corrected chi connectivity index (χ3v) is 6.07. The first-order valence-electron chi connectivity index (χ1n) is 9.94. The number of amides is 2. The van der Waals surface area contributed by atoms with Gasteiger partial charge in [-0.3, -0.25) is 24.6 Å². The molecule has 6 nitrogen and oxygen atoms in total. The Morgan fingerprint density at radius 3 is 2.40 bits per heavy atom. The Kier molecular flexibility index (Phi) is 5.15. The molecule has 0 aliphatic carbocycles. The van der Waals surface area contributed by atoms with E-state index in [1.807, 2.05) is 30.3 Å². The lowest BCUT2D eigenvalue weighted by Gasteiger charge is -2.32. The van der Waals surface area contributed by atoms with Gasteiger partial charge in [-0.15, -0.1) is 0 Å². The van der Waals surface area contributed by atoms with Gasteiger partial charge in [0, 0.05) is 19.5 Å². The van der Waals surface area contributed by atoms with Crippen molar-refractivity contribution in [2.45, 2.75) is 24.9 Å². The standard InChI is InChI=1S/C23H23FN2O4/c1-3-30-22(29)23(13-14-7-5-4-6-8-14)18-17(20(27)26(2)21(18)28)19(25-23)15-9-11-16(24)12-10-15/h4-12,17-19,25H,3,13H2,1-2H3/t17-,18+,19+,23+/m0/s1. The molecule has 2 fully saturated rings. The van der Waals surface area contributed by atoms with Crippen LogP contribution in [0.3, 0.4) is 0 Å². The number of ether oxygens (including phenoxy) is 1. The summed E-state index contributed by atoms with van der Waals surface area (Å²) >= 11 is 0. The lowest BCUT2D eigenvalue weighted by atomic mass is 9.76. The minimum absolute atomic E-state index is 0.146. The van der Waals surface area contributed by atoms with E-state index in [1.54, 1.807) is 19.1 Å². The zero-order valence-electron chi connectivity index (χ0n) is 16.8. The number of nitrogens with one attached hydrogen (secondary N) is 1. The Balaban J connectivity index is 1.85. The fourth-order valence-electron chi connectivity index (χ4n) is 4.70. The third-order valence-electron chi connectivity index (χ3n) is 6.07. The molecule has 2 heterocycles. The Morgan fingerprint density at radius 1 is 1.10 bits per heavy atom. The van der Waals surface area contributed by atoms with E-state index in [4.69, 9.17) is 4.74 Å². The van der Waals surface area contributed by atoms with Crippen LogP contribution in [-0.2, 0) is 25.5 Å². The van der Waals surface area contributed by atoms with Crippen molar-refractivity contribution in [3.8, 4) is 0 Å². The monoisotopic (exact) mass is 410 g/mol. The molecule has 4 rings (SSSR count). The van der Waals surface area contributed by atoms with Crippen molar-refractivity contribution >= 4 is 17.8 Å². The number of fused-ring (bicyclic) bond motifs is 1. The summed E-state index contributed by atoms with van der Waals surface area (Å²) in [7, 11) is 1.43. The van der Waals surface area contributed by atoms with Crippen LogP contribution in [-0.4, -0.2) is 41.9 Å². The second kappa shape index (κ2) is 7.65. The minimum Gasteiger partial charge on any atom is -0.465 e. The van der Waals surface area contributed by atoms with E-state index in [0.29, 0.717) is 5.56 Å². The van der Waals surface area contributed by atoms with Crippen LogP contribution in [0, 0.1) is 17.7 Å². The van der Waals surface area contributed by atoms with Gasteiger partial charge in [-0.25, -0.2) is 4.39 Å². The Labute approximate surface area is 174 Å². The lowest BCUT2D eigenvalue weighted by molar-refractivity contribution is -0.156. The number of halogens is 1. The van der Waals surface area contributed by atoms with Gasteiger partial charge >= 0.3 is 5.97 Å². The first-order valence-corrected chi connectivity index (χ1v) is 9.94.